The number of rotatable bonds is 5. The summed E-state index contributed by atoms with van der Waals surface area (Å²) in [6.45, 7) is 5.34. The Morgan fingerprint density at radius 1 is 1.35 bits per heavy atom. The van der Waals surface area contributed by atoms with Crippen molar-refractivity contribution in [2.24, 2.45) is 5.92 Å². The van der Waals surface area contributed by atoms with E-state index in [1.165, 1.54) is 31.4 Å². The molecular formula is C15H23NO. The van der Waals surface area contributed by atoms with E-state index in [1.54, 1.807) is 0 Å². The molecule has 1 fully saturated rings. The van der Waals surface area contributed by atoms with Crippen LogP contribution in [0.25, 0.3) is 0 Å². The molecule has 0 amide bonds. The van der Waals surface area contributed by atoms with Crippen molar-refractivity contribution in [2.45, 2.75) is 32.6 Å². The zero-order chi connectivity index (χ0) is 11.9. The van der Waals surface area contributed by atoms with Crippen LogP contribution in [0.5, 0.6) is 5.75 Å². The Morgan fingerprint density at radius 3 is 3.00 bits per heavy atom. The molecule has 0 aliphatic carbocycles. The van der Waals surface area contributed by atoms with E-state index in [4.69, 9.17) is 4.74 Å². The zero-order valence-corrected chi connectivity index (χ0v) is 10.7. The third kappa shape index (κ3) is 3.74. The molecule has 1 aliphatic heterocycles. The van der Waals surface area contributed by atoms with Gasteiger partial charge in [0, 0.05) is 12.5 Å². The first-order valence-electron chi connectivity index (χ1n) is 6.81. The molecule has 0 spiro atoms. The highest BCUT2D eigenvalue weighted by molar-refractivity contribution is 5.33. The highest BCUT2D eigenvalue weighted by Gasteiger charge is 2.14. The SMILES string of the molecule is CCCc1ccccc1OC[C@H]1CCCNC1. The summed E-state index contributed by atoms with van der Waals surface area (Å²) in [5.41, 5.74) is 1.35. The Labute approximate surface area is 104 Å². The first-order valence-corrected chi connectivity index (χ1v) is 6.81. The fraction of sp³-hybridized carbons (Fsp3) is 0.600. The molecule has 1 aliphatic rings. The van der Waals surface area contributed by atoms with Crippen LogP contribution in [0.2, 0.25) is 0 Å². The van der Waals surface area contributed by atoms with Gasteiger partial charge in [0.15, 0.2) is 0 Å². The summed E-state index contributed by atoms with van der Waals surface area (Å²) < 4.78 is 5.99. The van der Waals surface area contributed by atoms with Crippen LogP contribution >= 0.6 is 0 Å². The lowest BCUT2D eigenvalue weighted by molar-refractivity contribution is 0.217. The third-order valence-corrected chi connectivity index (χ3v) is 3.37. The molecule has 0 bridgehead atoms. The molecule has 17 heavy (non-hydrogen) atoms. The second-order valence-electron chi connectivity index (χ2n) is 4.88. The smallest absolute Gasteiger partial charge is 0.122 e. The molecule has 1 aromatic carbocycles. The Bertz CT molecular complexity index is 331. The van der Waals surface area contributed by atoms with Gasteiger partial charge in [-0.25, -0.2) is 0 Å². The number of benzene rings is 1. The molecule has 1 aromatic rings. The average molecular weight is 233 g/mol. The standard InChI is InChI=1S/C15H23NO/c1-2-6-14-8-3-4-9-15(14)17-12-13-7-5-10-16-11-13/h3-4,8-9,13,16H,2,5-7,10-12H2,1H3/t13-/m0/s1. The predicted molar refractivity (Wildman–Crippen MR) is 71.5 cm³/mol. The second kappa shape index (κ2) is 6.65. The molecule has 2 nitrogen and oxygen atoms in total. The van der Waals surface area contributed by atoms with Crippen LogP contribution in [0.3, 0.4) is 0 Å². The van der Waals surface area contributed by atoms with Gasteiger partial charge in [-0.2, -0.15) is 0 Å². The summed E-state index contributed by atoms with van der Waals surface area (Å²) in [4.78, 5) is 0. The number of nitrogens with one attached hydrogen (secondary N) is 1. The van der Waals surface area contributed by atoms with E-state index in [2.05, 4.69) is 36.5 Å². The Balaban J connectivity index is 1.88. The number of aryl methyl sites for hydroxylation is 1. The van der Waals surface area contributed by atoms with Crippen molar-refractivity contribution in [3.8, 4) is 5.75 Å². The molecule has 1 saturated heterocycles. The molecule has 94 valence electrons. The summed E-state index contributed by atoms with van der Waals surface area (Å²) in [6.07, 6.45) is 4.86. The first kappa shape index (κ1) is 12.4. The molecule has 2 rings (SSSR count). The van der Waals surface area contributed by atoms with Crippen LogP contribution in [0.4, 0.5) is 0 Å². The average Bonchev–Trinajstić information content (AvgIpc) is 2.39. The Morgan fingerprint density at radius 2 is 2.24 bits per heavy atom. The van der Waals surface area contributed by atoms with E-state index in [0.717, 1.165) is 25.3 Å². The van der Waals surface area contributed by atoms with Crippen LogP contribution in [-0.4, -0.2) is 19.7 Å². The Hall–Kier alpha value is -1.02. The normalized spacial score (nSPS) is 20.2. The summed E-state index contributed by atoms with van der Waals surface area (Å²) in [5.74, 6) is 1.76. The zero-order valence-electron chi connectivity index (χ0n) is 10.7. The fourth-order valence-corrected chi connectivity index (χ4v) is 2.39. The van der Waals surface area contributed by atoms with Crippen LogP contribution in [0, 0.1) is 5.92 Å². The van der Waals surface area contributed by atoms with Crippen molar-refractivity contribution in [3.63, 3.8) is 0 Å². The molecular weight excluding hydrogens is 210 g/mol. The van der Waals surface area contributed by atoms with Gasteiger partial charge < -0.3 is 10.1 Å². The molecule has 0 radical (unpaired) electrons. The van der Waals surface area contributed by atoms with E-state index in [9.17, 15) is 0 Å². The maximum atomic E-state index is 5.99. The van der Waals surface area contributed by atoms with Crippen molar-refractivity contribution in [1.82, 2.24) is 5.32 Å². The van der Waals surface area contributed by atoms with Gasteiger partial charge in [0.05, 0.1) is 6.61 Å². The molecule has 1 atom stereocenters. The summed E-state index contributed by atoms with van der Waals surface area (Å²) in [5, 5.41) is 3.43. The van der Waals surface area contributed by atoms with Gasteiger partial charge >= 0.3 is 0 Å². The van der Waals surface area contributed by atoms with Crippen molar-refractivity contribution < 1.29 is 4.74 Å². The Kier molecular flexibility index (Phi) is 4.87. The molecule has 0 aromatic heterocycles. The van der Waals surface area contributed by atoms with Crippen LogP contribution in [0.15, 0.2) is 24.3 Å². The molecule has 0 unspecified atom stereocenters. The third-order valence-electron chi connectivity index (χ3n) is 3.37. The van der Waals surface area contributed by atoms with Crippen LogP contribution in [-0.2, 0) is 6.42 Å². The second-order valence-corrected chi connectivity index (χ2v) is 4.88. The van der Waals surface area contributed by atoms with Crippen LogP contribution in [0.1, 0.15) is 31.7 Å². The number of hydrogen-bond donors (Lipinski definition) is 1. The molecule has 1 N–H and O–H groups in total. The number of ether oxygens (including phenoxy) is 1. The van der Waals surface area contributed by atoms with E-state index in [1.807, 2.05) is 0 Å². The van der Waals surface area contributed by atoms with Gasteiger partial charge in [-0.15, -0.1) is 0 Å². The lowest BCUT2D eigenvalue weighted by Gasteiger charge is -2.23. The van der Waals surface area contributed by atoms with Gasteiger partial charge in [0.1, 0.15) is 5.75 Å². The minimum absolute atomic E-state index is 0.679. The molecule has 1 heterocycles. The largest absolute Gasteiger partial charge is 0.493 e. The highest BCUT2D eigenvalue weighted by atomic mass is 16.5. The maximum absolute atomic E-state index is 5.99. The van der Waals surface area contributed by atoms with Gasteiger partial charge in [-0.3, -0.25) is 0 Å². The summed E-state index contributed by atoms with van der Waals surface area (Å²) >= 11 is 0. The van der Waals surface area contributed by atoms with Gasteiger partial charge in [-0.05, 0) is 37.4 Å². The maximum Gasteiger partial charge on any atom is 0.122 e. The monoisotopic (exact) mass is 233 g/mol. The van der Waals surface area contributed by atoms with Gasteiger partial charge in [0.25, 0.3) is 0 Å². The number of piperidine rings is 1. The fourth-order valence-electron chi connectivity index (χ4n) is 2.39. The van der Waals surface area contributed by atoms with Crippen molar-refractivity contribution in [3.05, 3.63) is 29.8 Å². The van der Waals surface area contributed by atoms with E-state index in [0.29, 0.717) is 5.92 Å². The van der Waals surface area contributed by atoms with E-state index >= 15 is 0 Å². The minimum atomic E-state index is 0.679. The van der Waals surface area contributed by atoms with Crippen molar-refractivity contribution >= 4 is 0 Å². The quantitative estimate of drug-likeness (QED) is 0.844. The number of hydrogen-bond acceptors (Lipinski definition) is 2. The lowest BCUT2D eigenvalue weighted by atomic mass is 10.0. The van der Waals surface area contributed by atoms with E-state index in [-0.39, 0.29) is 0 Å². The van der Waals surface area contributed by atoms with Crippen molar-refractivity contribution in [2.75, 3.05) is 19.7 Å². The van der Waals surface area contributed by atoms with Crippen molar-refractivity contribution in [1.29, 1.82) is 0 Å². The van der Waals surface area contributed by atoms with E-state index < -0.39 is 0 Å². The molecule has 0 saturated carbocycles. The van der Waals surface area contributed by atoms with Crippen LogP contribution < -0.4 is 10.1 Å². The number of para-hydroxylation sites is 1. The first-order chi connectivity index (χ1) is 8.40. The van der Waals surface area contributed by atoms with Gasteiger partial charge in [-0.1, -0.05) is 31.5 Å². The molecule has 2 heteroatoms. The topological polar surface area (TPSA) is 21.3 Å². The minimum Gasteiger partial charge on any atom is -0.493 e. The van der Waals surface area contributed by atoms with Gasteiger partial charge in [0.2, 0.25) is 0 Å². The summed E-state index contributed by atoms with van der Waals surface area (Å²) in [6, 6.07) is 8.44. The predicted octanol–water partition coefficient (Wildman–Crippen LogP) is 3.02. The summed E-state index contributed by atoms with van der Waals surface area (Å²) in [7, 11) is 0. The highest BCUT2D eigenvalue weighted by Crippen LogP contribution is 2.21. The lowest BCUT2D eigenvalue weighted by Crippen LogP contribution is -2.33.